The molecule has 0 spiro atoms. The summed E-state index contributed by atoms with van der Waals surface area (Å²) in [6.45, 7) is 0. The molecule has 0 unspecified atom stereocenters. The number of thioether (sulfide) groups is 1. The molecule has 5 heteroatoms. The van der Waals surface area contributed by atoms with E-state index in [1.165, 1.54) is 5.56 Å². The number of benzene rings is 1. The summed E-state index contributed by atoms with van der Waals surface area (Å²) in [6, 6.07) is 5.75. The number of anilines is 1. The van der Waals surface area contributed by atoms with Crippen molar-refractivity contribution in [1.29, 1.82) is 0 Å². The summed E-state index contributed by atoms with van der Waals surface area (Å²) in [5.74, 6) is 1.83. The largest absolute Gasteiger partial charge is 0.496 e. The fourth-order valence-electron chi connectivity index (χ4n) is 1.68. The third-order valence-corrected chi connectivity index (χ3v) is 3.65. The van der Waals surface area contributed by atoms with Gasteiger partial charge in [-0.1, -0.05) is 0 Å². The second-order valence-corrected chi connectivity index (χ2v) is 5.17. The van der Waals surface area contributed by atoms with Crippen LogP contribution in [0.3, 0.4) is 0 Å². The standard InChI is InChI=1S/C13H17N3OS/c1-16-9-10(8-15-16)5-6-18-13-4-3-11(14)7-12(13)17-2/h3-4,7-9H,5-6,14H2,1-2H3. The van der Waals surface area contributed by atoms with E-state index in [0.717, 1.165) is 28.5 Å². The van der Waals surface area contributed by atoms with Gasteiger partial charge in [-0.3, -0.25) is 4.68 Å². The van der Waals surface area contributed by atoms with Gasteiger partial charge in [0.05, 0.1) is 13.3 Å². The number of nitrogens with two attached hydrogens (primary N) is 1. The fraction of sp³-hybridized carbons (Fsp3) is 0.308. The Bertz CT molecular complexity index is 525. The van der Waals surface area contributed by atoms with Crippen molar-refractivity contribution in [3.63, 3.8) is 0 Å². The van der Waals surface area contributed by atoms with Gasteiger partial charge in [0.25, 0.3) is 0 Å². The summed E-state index contributed by atoms with van der Waals surface area (Å²) >= 11 is 1.77. The van der Waals surface area contributed by atoms with Crippen LogP contribution in [0.25, 0.3) is 0 Å². The number of ether oxygens (including phenoxy) is 1. The summed E-state index contributed by atoms with van der Waals surface area (Å²) in [4.78, 5) is 1.12. The summed E-state index contributed by atoms with van der Waals surface area (Å²) in [6.07, 6.45) is 4.94. The van der Waals surface area contributed by atoms with Gasteiger partial charge in [0.1, 0.15) is 5.75 Å². The van der Waals surface area contributed by atoms with E-state index in [2.05, 4.69) is 5.10 Å². The average molecular weight is 263 g/mol. The summed E-state index contributed by atoms with van der Waals surface area (Å²) in [5.41, 5.74) is 7.70. The minimum atomic E-state index is 0.725. The van der Waals surface area contributed by atoms with E-state index >= 15 is 0 Å². The van der Waals surface area contributed by atoms with Crippen LogP contribution < -0.4 is 10.5 Å². The second kappa shape index (κ2) is 5.82. The molecular formula is C13H17N3OS. The van der Waals surface area contributed by atoms with Crippen molar-refractivity contribution in [2.24, 2.45) is 7.05 Å². The number of aromatic nitrogens is 2. The number of aryl methyl sites for hydroxylation is 2. The molecule has 0 amide bonds. The highest BCUT2D eigenvalue weighted by Crippen LogP contribution is 2.31. The predicted molar refractivity (Wildman–Crippen MR) is 75.0 cm³/mol. The zero-order valence-corrected chi connectivity index (χ0v) is 11.4. The molecule has 0 atom stereocenters. The van der Waals surface area contributed by atoms with Gasteiger partial charge >= 0.3 is 0 Å². The first-order chi connectivity index (χ1) is 8.69. The maximum absolute atomic E-state index is 5.73. The van der Waals surface area contributed by atoms with Crippen LogP contribution in [0, 0.1) is 0 Å². The smallest absolute Gasteiger partial charge is 0.134 e. The van der Waals surface area contributed by atoms with Gasteiger partial charge in [-0.2, -0.15) is 5.10 Å². The number of hydrogen-bond acceptors (Lipinski definition) is 4. The van der Waals surface area contributed by atoms with Crippen molar-refractivity contribution in [3.05, 3.63) is 36.2 Å². The lowest BCUT2D eigenvalue weighted by Gasteiger charge is -2.08. The Morgan fingerprint density at radius 3 is 2.94 bits per heavy atom. The molecule has 2 rings (SSSR count). The van der Waals surface area contributed by atoms with Gasteiger partial charge in [-0.15, -0.1) is 11.8 Å². The summed E-state index contributed by atoms with van der Waals surface area (Å²) < 4.78 is 7.14. The van der Waals surface area contributed by atoms with Crippen LogP contribution in [-0.2, 0) is 13.5 Å². The molecule has 18 heavy (non-hydrogen) atoms. The molecular weight excluding hydrogens is 246 g/mol. The molecule has 2 aromatic rings. The molecule has 0 saturated carbocycles. The Balaban J connectivity index is 1.94. The Morgan fingerprint density at radius 2 is 2.28 bits per heavy atom. The van der Waals surface area contributed by atoms with Crippen LogP contribution in [0.1, 0.15) is 5.56 Å². The van der Waals surface area contributed by atoms with E-state index in [0.29, 0.717) is 0 Å². The Morgan fingerprint density at radius 1 is 1.44 bits per heavy atom. The fourth-order valence-corrected chi connectivity index (χ4v) is 2.69. The molecule has 1 aromatic carbocycles. The van der Waals surface area contributed by atoms with E-state index in [-0.39, 0.29) is 0 Å². The number of nitrogens with zero attached hydrogens (tertiary/aromatic N) is 2. The molecule has 96 valence electrons. The molecule has 4 nitrogen and oxygen atoms in total. The molecule has 1 aromatic heterocycles. The Labute approximate surface area is 111 Å². The van der Waals surface area contributed by atoms with Crippen LogP contribution in [0.2, 0.25) is 0 Å². The first-order valence-electron chi connectivity index (χ1n) is 5.73. The molecule has 0 aliphatic carbocycles. The van der Waals surface area contributed by atoms with E-state index in [4.69, 9.17) is 10.5 Å². The number of methoxy groups -OCH3 is 1. The highest BCUT2D eigenvalue weighted by Gasteiger charge is 2.04. The summed E-state index contributed by atoms with van der Waals surface area (Å²) in [7, 11) is 3.60. The number of rotatable bonds is 5. The SMILES string of the molecule is COc1cc(N)ccc1SCCc1cnn(C)c1. The highest BCUT2D eigenvalue weighted by molar-refractivity contribution is 7.99. The quantitative estimate of drug-likeness (QED) is 0.664. The van der Waals surface area contributed by atoms with Crippen LogP contribution >= 0.6 is 11.8 Å². The lowest BCUT2D eigenvalue weighted by molar-refractivity contribution is 0.405. The lowest BCUT2D eigenvalue weighted by Crippen LogP contribution is -1.92. The van der Waals surface area contributed by atoms with Gasteiger partial charge in [0.2, 0.25) is 0 Å². The minimum Gasteiger partial charge on any atom is -0.496 e. The Hall–Kier alpha value is -1.62. The zero-order chi connectivity index (χ0) is 13.0. The van der Waals surface area contributed by atoms with E-state index in [9.17, 15) is 0 Å². The molecule has 0 aliphatic rings. The lowest BCUT2D eigenvalue weighted by atomic mass is 10.3. The van der Waals surface area contributed by atoms with Crippen molar-refractivity contribution in [2.45, 2.75) is 11.3 Å². The van der Waals surface area contributed by atoms with Gasteiger partial charge in [0.15, 0.2) is 0 Å². The van der Waals surface area contributed by atoms with Crippen molar-refractivity contribution in [2.75, 3.05) is 18.6 Å². The van der Waals surface area contributed by atoms with Crippen molar-refractivity contribution in [1.82, 2.24) is 9.78 Å². The maximum atomic E-state index is 5.73. The Kier molecular flexibility index (Phi) is 4.15. The molecule has 0 bridgehead atoms. The average Bonchev–Trinajstić information content (AvgIpc) is 2.77. The van der Waals surface area contributed by atoms with Crippen LogP contribution in [-0.4, -0.2) is 22.6 Å². The third kappa shape index (κ3) is 3.20. The molecule has 0 aliphatic heterocycles. The van der Waals surface area contributed by atoms with Crippen molar-refractivity contribution >= 4 is 17.4 Å². The van der Waals surface area contributed by atoms with Gasteiger partial charge < -0.3 is 10.5 Å². The topological polar surface area (TPSA) is 53.1 Å². The first kappa shape index (κ1) is 12.8. The molecule has 1 heterocycles. The van der Waals surface area contributed by atoms with E-state index in [1.54, 1.807) is 18.9 Å². The van der Waals surface area contributed by atoms with Crippen molar-refractivity contribution in [3.8, 4) is 5.75 Å². The molecule has 2 N–H and O–H groups in total. The molecule has 0 saturated heterocycles. The van der Waals surface area contributed by atoms with Gasteiger partial charge in [-0.05, 0) is 24.1 Å². The highest BCUT2D eigenvalue weighted by atomic mass is 32.2. The predicted octanol–water partition coefficient (Wildman–Crippen LogP) is 2.35. The van der Waals surface area contributed by atoms with Crippen LogP contribution in [0.15, 0.2) is 35.5 Å². The minimum absolute atomic E-state index is 0.725. The zero-order valence-electron chi connectivity index (χ0n) is 10.6. The normalized spacial score (nSPS) is 10.6. The summed E-state index contributed by atoms with van der Waals surface area (Å²) in [5, 5.41) is 4.15. The van der Waals surface area contributed by atoms with Crippen LogP contribution in [0.4, 0.5) is 5.69 Å². The van der Waals surface area contributed by atoms with E-state index < -0.39 is 0 Å². The van der Waals surface area contributed by atoms with E-state index in [1.807, 2.05) is 42.3 Å². The van der Waals surface area contributed by atoms with Gasteiger partial charge in [-0.25, -0.2) is 0 Å². The van der Waals surface area contributed by atoms with Crippen LogP contribution in [0.5, 0.6) is 5.75 Å². The van der Waals surface area contributed by atoms with Crippen molar-refractivity contribution < 1.29 is 4.74 Å². The number of hydrogen-bond donors (Lipinski definition) is 1. The van der Waals surface area contributed by atoms with Gasteiger partial charge in [0, 0.05) is 35.6 Å². The monoisotopic (exact) mass is 263 g/mol. The maximum Gasteiger partial charge on any atom is 0.134 e. The molecule has 0 fully saturated rings. The first-order valence-corrected chi connectivity index (χ1v) is 6.71. The second-order valence-electron chi connectivity index (χ2n) is 4.03. The number of nitrogen functional groups attached to an aromatic ring is 1. The molecule has 0 radical (unpaired) electrons. The third-order valence-electron chi connectivity index (χ3n) is 2.59.